The molecule has 5 nitrogen and oxygen atoms in total. The average Bonchev–Trinajstić information content (AvgIpc) is 2.72. The Labute approximate surface area is 163 Å². The summed E-state index contributed by atoms with van der Waals surface area (Å²) >= 11 is 0. The van der Waals surface area contributed by atoms with Crippen LogP contribution in [0.5, 0.6) is 0 Å². The highest BCUT2D eigenvalue weighted by atomic mass is 16.6. The molecule has 0 spiro atoms. The topological polar surface area (TPSA) is 76.2 Å². The molecule has 0 aromatic heterocycles. The number of hydrogen-bond acceptors (Lipinski definition) is 4. The van der Waals surface area contributed by atoms with Crippen LogP contribution in [0, 0.1) is 39.2 Å². The quantitative estimate of drug-likeness (QED) is 0.353. The first-order chi connectivity index (χ1) is 13.2. The van der Waals surface area contributed by atoms with Crippen LogP contribution in [0.3, 0.4) is 0 Å². The van der Waals surface area contributed by atoms with Gasteiger partial charge in [-0.25, -0.2) is 0 Å². The zero-order valence-electron chi connectivity index (χ0n) is 16.5. The third-order valence-electron chi connectivity index (χ3n) is 6.99. The van der Waals surface area contributed by atoms with E-state index < -0.39 is 6.04 Å². The van der Waals surface area contributed by atoms with E-state index in [2.05, 4.69) is 12.1 Å². The smallest absolute Gasteiger partial charge is 0.213 e. The Bertz CT molecular complexity index is 546. The summed E-state index contributed by atoms with van der Waals surface area (Å²) in [5.41, 5.74) is 0.878. The monoisotopic (exact) mass is 374 g/mol. The summed E-state index contributed by atoms with van der Waals surface area (Å²) in [5, 5.41) is 20.5. The summed E-state index contributed by atoms with van der Waals surface area (Å²) in [6.45, 7) is 0.939. The van der Waals surface area contributed by atoms with Crippen LogP contribution in [-0.2, 0) is 4.74 Å². The molecule has 27 heavy (non-hydrogen) atoms. The van der Waals surface area contributed by atoms with Crippen LogP contribution in [-0.4, -0.2) is 23.7 Å². The SMILES string of the molecule is N#CC(=CC1CCC(OCC2CCCCC2)CC1)C1CCC([N+](=O)[O-])CC1. The Morgan fingerprint density at radius 1 is 1.00 bits per heavy atom. The Kier molecular flexibility index (Phi) is 7.70. The van der Waals surface area contributed by atoms with Crippen molar-refractivity contribution in [2.75, 3.05) is 6.61 Å². The number of allylic oxidation sites excluding steroid dienone is 2. The Balaban J connectivity index is 1.41. The molecule has 3 rings (SSSR count). The van der Waals surface area contributed by atoms with Gasteiger partial charge in [0, 0.05) is 29.9 Å². The molecule has 150 valence electrons. The fourth-order valence-electron chi connectivity index (χ4n) is 5.16. The molecule has 3 fully saturated rings. The number of rotatable bonds is 6. The van der Waals surface area contributed by atoms with Gasteiger partial charge in [0.25, 0.3) is 0 Å². The zero-order chi connectivity index (χ0) is 19.1. The van der Waals surface area contributed by atoms with Crippen molar-refractivity contribution in [3.8, 4) is 6.07 Å². The summed E-state index contributed by atoms with van der Waals surface area (Å²) in [7, 11) is 0. The molecule has 0 bridgehead atoms. The van der Waals surface area contributed by atoms with Crippen LogP contribution < -0.4 is 0 Å². The molecule has 0 aliphatic heterocycles. The van der Waals surface area contributed by atoms with E-state index in [-0.39, 0.29) is 10.8 Å². The van der Waals surface area contributed by atoms with Gasteiger partial charge in [0.05, 0.1) is 12.2 Å². The van der Waals surface area contributed by atoms with Crippen molar-refractivity contribution >= 4 is 0 Å². The van der Waals surface area contributed by atoms with E-state index in [9.17, 15) is 15.4 Å². The third-order valence-corrected chi connectivity index (χ3v) is 6.99. The summed E-state index contributed by atoms with van der Waals surface area (Å²) < 4.78 is 6.20. The van der Waals surface area contributed by atoms with E-state index in [1.54, 1.807) is 0 Å². The fourth-order valence-corrected chi connectivity index (χ4v) is 5.16. The summed E-state index contributed by atoms with van der Waals surface area (Å²) in [5.74, 6) is 1.48. The van der Waals surface area contributed by atoms with Gasteiger partial charge in [0.1, 0.15) is 0 Å². The zero-order valence-corrected chi connectivity index (χ0v) is 16.5. The van der Waals surface area contributed by atoms with Crippen molar-refractivity contribution in [1.82, 2.24) is 0 Å². The van der Waals surface area contributed by atoms with Crippen LogP contribution in [0.1, 0.15) is 83.5 Å². The Morgan fingerprint density at radius 2 is 1.67 bits per heavy atom. The average molecular weight is 375 g/mol. The van der Waals surface area contributed by atoms with Crippen molar-refractivity contribution in [3.63, 3.8) is 0 Å². The van der Waals surface area contributed by atoms with Gasteiger partial charge in [-0.2, -0.15) is 5.26 Å². The predicted molar refractivity (Wildman–Crippen MR) is 105 cm³/mol. The van der Waals surface area contributed by atoms with Gasteiger partial charge in [-0.3, -0.25) is 10.1 Å². The van der Waals surface area contributed by atoms with E-state index in [0.717, 1.165) is 56.6 Å². The maximum Gasteiger partial charge on any atom is 0.213 e. The second-order valence-corrected chi connectivity index (χ2v) is 8.90. The maximum absolute atomic E-state index is 10.9. The molecule has 0 saturated heterocycles. The molecule has 0 aromatic rings. The van der Waals surface area contributed by atoms with E-state index in [0.29, 0.717) is 24.9 Å². The van der Waals surface area contributed by atoms with E-state index in [1.165, 1.54) is 32.1 Å². The van der Waals surface area contributed by atoms with Crippen LogP contribution in [0.2, 0.25) is 0 Å². The Hall–Kier alpha value is -1.41. The highest BCUT2D eigenvalue weighted by Crippen LogP contribution is 2.35. The molecule has 0 atom stereocenters. The summed E-state index contributed by atoms with van der Waals surface area (Å²) in [6, 6.07) is 2.00. The maximum atomic E-state index is 10.9. The minimum absolute atomic E-state index is 0.152. The van der Waals surface area contributed by atoms with E-state index in [1.807, 2.05) is 0 Å². The van der Waals surface area contributed by atoms with Crippen LogP contribution in [0.15, 0.2) is 11.6 Å². The van der Waals surface area contributed by atoms with Gasteiger partial charge in [-0.15, -0.1) is 0 Å². The van der Waals surface area contributed by atoms with Crippen LogP contribution in [0.25, 0.3) is 0 Å². The predicted octanol–water partition coefficient (Wildman–Crippen LogP) is 5.43. The molecule has 0 unspecified atom stereocenters. The third kappa shape index (κ3) is 6.04. The minimum Gasteiger partial charge on any atom is -0.378 e. The van der Waals surface area contributed by atoms with Gasteiger partial charge >= 0.3 is 0 Å². The first kappa shape index (κ1) is 20.3. The molecule has 3 saturated carbocycles. The van der Waals surface area contributed by atoms with Gasteiger partial charge < -0.3 is 4.74 Å². The number of ether oxygens (including phenoxy) is 1. The Morgan fingerprint density at radius 3 is 2.26 bits per heavy atom. The number of nitriles is 1. The molecule has 0 amide bonds. The van der Waals surface area contributed by atoms with E-state index >= 15 is 0 Å². The lowest BCUT2D eigenvalue weighted by atomic mass is 9.79. The van der Waals surface area contributed by atoms with Gasteiger partial charge in [0.2, 0.25) is 6.04 Å². The largest absolute Gasteiger partial charge is 0.378 e. The molecular formula is C22H34N2O3. The van der Waals surface area contributed by atoms with Crippen LogP contribution >= 0.6 is 0 Å². The van der Waals surface area contributed by atoms with Gasteiger partial charge in [-0.1, -0.05) is 25.3 Å². The molecule has 5 heteroatoms. The number of nitro groups is 1. The van der Waals surface area contributed by atoms with Crippen LogP contribution in [0.4, 0.5) is 0 Å². The fraction of sp³-hybridized carbons (Fsp3) is 0.864. The molecule has 0 aromatic carbocycles. The van der Waals surface area contributed by atoms with Crippen molar-refractivity contribution in [2.45, 2.75) is 95.6 Å². The first-order valence-electron chi connectivity index (χ1n) is 11.0. The number of hydrogen-bond donors (Lipinski definition) is 0. The highest BCUT2D eigenvalue weighted by molar-refractivity contribution is 5.25. The van der Waals surface area contributed by atoms with E-state index in [4.69, 9.17) is 4.74 Å². The van der Waals surface area contributed by atoms with Gasteiger partial charge in [0.15, 0.2) is 0 Å². The molecule has 3 aliphatic rings. The van der Waals surface area contributed by atoms with Gasteiger partial charge in [-0.05, 0) is 69.1 Å². The lowest BCUT2D eigenvalue weighted by Crippen LogP contribution is -2.27. The summed E-state index contributed by atoms with van der Waals surface area (Å²) in [4.78, 5) is 10.8. The molecule has 3 aliphatic carbocycles. The minimum atomic E-state index is -0.405. The van der Waals surface area contributed by atoms with Crippen molar-refractivity contribution in [3.05, 3.63) is 21.8 Å². The lowest BCUT2D eigenvalue weighted by Gasteiger charge is -2.30. The first-order valence-corrected chi connectivity index (χ1v) is 11.0. The van der Waals surface area contributed by atoms with Crippen molar-refractivity contribution in [1.29, 1.82) is 5.26 Å². The highest BCUT2D eigenvalue weighted by Gasteiger charge is 2.31. The standard InChI is InChI=1S/C22H34N2O3/c23-15-20(19-8-10-21(11-9-19)24(25)26)14-17-6-12-22(13-7-17)27-16-18-4-2-1-3-5-18/h14,17-19,21-22H,1-13,16H2. The molecule has 0 radical (unpaired) electrons. The summed E-state index contributed by atoms with van der Waals surface area (Å²) in [6.07, 6.45) is 16.6. The number of nitrogens with zero attached hydrogens (tertiary/aromatic N) is 2. The molecule has 0 heterocycles. The second-order valence-electron chi connectivity index (χ2n) is 8.90. The van der Waals surface area contributed by atoms with Crippen molar-refractivity contribution in [2.24, 2.45) is 17.8 Å². The molecular weight excluding hydrogens is 340 g/mol. The lowest BCUT2D eigenvalue weighted by molar-refractivity contribution is -0.526. The van der Waals surface area contributed by atoms with Crippen molar-refractivity contribution < 1.29 is 9.66 Å². The molecule has 0 N–H and O–H groups in total. The normalized spacial score (nSPS) is 33.4. The second kappa shape index (κ2) is 10.2.